The minimum Gasteiger partial charge on any atom is -0.280 e. The molecule has 0 aliphatic carbocycles. The van der Waals surface area contributed by atoms with Gasteiger partial charge in [0.2, 0.25) is 0 Å². The molecule has 94 valence electrons. The molecule has 0 spiro atoms. The molecule has 17 heavy (non-hydrogen) atoms. The van der Waals surface area contributed by atoms with E-state index in [-0.39, 0.29) is 6.04 Å². The number of hydrogen-bond donors (Lipinski definition) is 1. The molecular formula is C7H11N5O4S. The van der Waals surface area contributed by atoms with Crippen molar-refractivity contribution in [2.75, 3.05) is 13.2 Å². The summed E-state index contributed by atoms with van der Waals surface area (Å²) < 4.78 is 36.4. The second-order valence-corrected chi connectivity index (χ2v) is 5.14. The van der Waals surface area contributed by atoms with Gasteiger partial charge in [-0.2, -0.15) is 12.7 Å². The lowest BCUT2D eigenvalue weighted by atomic mass is 10.1. The number of fused-ring (bicyclic) bond motifs is 4. The van der Waals surface area contributed by atoms with E-state index in [0.717, 1.165) is 11.4 Å². The number of rotatable bonds is 2. The monoisotopic (exact) mass is 261 g/mol. The van der Waals surface area contributed by atoms with Gasteiger partial charge in [0.15, 0.2) is 0 Å². The van der Waals surface area contributed by atoms with Gasteiger partial charge in [0.25, 0.3) is 0 Å². The van der Waals surface area contributed by atoms with E-state index in [1.807, 2.05) is 4.90 Å². The summed E-state index contributed by atoms with van der Waals surface area (Å²) in [5, 5.41) is 9.13. The lowest BCUT2D eigenvalue weighted by Gasteiger charge is -2.21. The Hall–Kier alpha value is -1.07. The van der Waals surface area contributed by atoms with E-state index >= 15 is 0 Å². The fraction of sp³-hybridized carbons (Fsp3) is 0.714. The first-order valence-electron chi connectivity index (χ1n) is 4.98. The highest BCUT2D eigenvalue weighted by molar-refractivity contribution is 7.80. The number of aryl methyl sites for hydroxylation is 1. The van der Waals surface area contributed by atoms with Crippen LogP contribution in [0.2, 0.25) is 0 Å². The van der Waals surface area contributed by atoms with Crippen LogP contribution in [0, 0.1) is 0 Å². The van der Waals surface area contributed by atoms with Gasteiger partial charge >= 0.3 is 10.4 Å². The Kier molecular flexibility index (Phi) is 2.25. The van der Waals surface area contributed by atoms with Crippen molar-refractivity contribution in [2.24, 2.45) is 7.05 Å². The van der Waals surface area contributed by atoms with Crippen molar-refractivity contribution < 1.29 is 17.3 Å². The van der Waals surface area contributed by atoms with Crippen LogP contribution in [0.3, 0.4) is 0 Å². The maximum Gasteiger partial charge on any atom is 0.413 e. The lowest BCUT2D eigenvalue weighted by Crippen LogP contribution is -2.29. The van der Waals surface area contributed by atoms with Gasteiger partial charge in [-0.1, -0.05) is 5.21 Å². The van der Waals surface area contributed by atoms with Gasteiger partial charge in [0, 0.05) is 20.1 Å². The number of nitrogens with zero attached hydrogens (tertiary/aromatic N) is 5. The Morgan fingerprint density at radius 3 is 3.00 bits per heavy atom. The van der Waals surface area contributed by atoms with E-state index < -0.39 is 10.4 Å². The van der Waals surface area contributed by atoms with E-state index in [0.29, 0.717) is 19.8 Å². The fourth-order valence-corrected chi connectivity index (χ4v) is 2.76. The molecule has 0 aromatic carbocycles. The molecule has 0 amide bonds. The highest BCUT2D eigenvalue weighted by Gasteiger charge is 2.42. The number of hydrogen-bond acceptors (Lipinski definition) is 7. The van der Waals surface area contributed by atoms with E-state index in [1.54, 1.807) is 11.7 Å². The van der Waals surface area contributed by atoms with Crippen molar-refractivity contribution in [1.29, 1.82) is 0 Å². The Morgan fingerprint density at radius 2 is 2.29 bits per heavy atom. The van der Waals surface area contributed by atoms with Crippen molar-refractivity contribution in [3.8, 4) is 0 Å². The van der Waals surface area contributed by atoms with E-state index in [4.69, 9.17) is 4.55 Å². The van der Waals surface area contributed by atoms with Crippen molar-refractivity contribution in [3.63, 3.8) is 0 Å². The third-order valence-electron chi connectivity index (χ3n) is 2.94. The highest BCUT2D eigenvalue weighted by Crippen LogP contribution is 2.35. The molecule has 1 aromatic heterocycles. The third-order valence-corrected chi connectivity index (χ3v) is 3.32. The Morgan fingerprint density at radius 1 is 1.53 bits per heavy atom. The summed E-state index contributed by atoms with van der Waals surface area (Å²) in [5.41, 5.74) is 1.63. The number of hydroxylamine groups is 2. The standard InChI is InChI=1S/C7H11N5O4S/c1-10-7-5(8-9-10)2-11-3-6(7)12(4-11)16-17(13,14)15/h6H,2-4H2,1H3,(H,13,14,15). The van der Waals surface area contributed by atoms with Crippen molar-refractivity contribution in [3.05, 3.63) is 11.4 Å². The maximum atomic E-state index is 10.7. The molecule has 1 aromatic rings. The molecule has 2 aliphatic rings. The van der Waals surface area contributed by atoms with E-state index in [1.165, 1.54) is 5.06 Å². The van der Waals surface area contributed by atoms with E-state index in [2.05, 4.69) is 14.6 Å². The highest BCUT2D eigenvalue weighted by atomic mass is 32.3. The Balaban J connectivity index is 1.96. The zero-order chi connectivity index (χ0) is 12.2. The van der Waals surface area contributed by atoms with Crippen molar-refractivity contribution >= 4 is 10.4 Å². The molecule has 2 atom stereocenters. The first-order chi connectivity index (χ1) is 7.94. The summed E-state index contributed by atoms with van der Waals surface area (Å²) in [6.45, 7) is 1.54. The van der Waals surface area contributed by atoms with Gasteiger partial charge in [-0.05, 0) is 0 Å². The van der Waals surface area contributed by atoms with Crippen LogP contribution in [0.4, 0.5) is 0 Å². The Bertz CT molecular complexity index is 555. The molecule has 0 saturated carbocycles. The molecule has 2 bridgehead atoms. The van der Waals surface area contributed by atoms with Gasteiger partial charge in [-0.15, -0.1) is 10.2 Å². The summed E-state index contributed by atoms with van der Waals surface area (Å²) in [6.07, 6.45) is 0. The average Bonchev–Trinajstić information content (AvgIpc) is 2.69. The lowest BCUT2D eigenvalue weighted by molar-refractivity contribution is -0.0810. The molecule has 9 nitrogen and oxygen atoms in total. The zero-order valence-corrected chi connectivity index (χ0v) is 9.83. The molecule has 1 N–H and O–H groups in total. The van der Waals surface area contributed by atoms with Gasteiger partial charge in [-0.25, -0.2) is 0 Å². The molecule has 1 fully saturated rings. The quantitative estimate of drug-likeness (QED) is 0.654. The molecule has 0 radical (unpaired) electrons. The summed E-state index contributed by atoms with van der Waals surface area (Å²) >= 11 is 0. The predicted molar refractivity (Wildman–Crippen MR) is 53.5 cm³/mol. The zero-order valence-electron chi connectivity index (χ0n) is 9.01. The first-order valence-corrected chi connectivity index (χ1v) is 6.35. The van der Waals surface area contributed by atoms with Crippen molar-refractivity contribution in [1.82, 2.24) is 25.0 Å². The first kappa shape index (κ1) is 11.0. The van der Waals surface area contributed by atoms with Crippen LogP contribution in [0.15, 0.2) is 0 Å². The van der Waals surface area contributed by atoms with Gasteiger partial charge in [0.1, 0.15) is 5.69 Å². The topological polar surface area (TPSA) is 101 Å². The maximum absolute atomic E-state index is 10.7. The molecule has 1 saturated heterocycles. The molecule has 2 aliphatic heterocycles. The normalized spacial score (nSPS) is 28.4. The fourth-order valence-electron chi connectivity index (χ4n) is 2.36. The molecule has 3 heterocycles. The summed E-state index contributed by atoms with van der Waals surface area (Å²) in [5.74, 6) is 0. The van der Waals surface area contributed by atoms with Crippen LogP contribution in [0.1, 0.15) is 17.4 Å². The minimum absolute atomic E-state index is 0.277. The van der Waals surface area contributed by atoms with Gasteiger partial charge in [-0.3, -0.25) is 14.1 Å². The summed E-state index contributed by atoms with van der Waals surface area (Å²) in [4.78, 5) is 1.97. The SMILES string of the molecule is Cn1nnc2c1C1CN(C2)CN1OS(=O)(=O)O. The number of aromatic nitrogens is 3. The van der Waals surface area contributed by atoms with Crippen LogP contribution < -0.4 is 0 Å². The van der Waals surface area contributed by atoms with Gasteiger partial charge < -0.3 is 0 Å². The van der Waals surface area contributed by atoms with Crippen LogP contribution in [-0.4, -0.2) is 51.1 Å². The van der Waals surface area contributed by atoms with Gasteiger partial charge in [0.05, 0.1) is 18.4 Å². The van der Waals surface area contributed by atoms with E-state index in [9.17, 15) is 8.42 Å². The summed E-state index contributed by atoms with van der Waals surface area (Å²) in [6, 6.07) is -0.277. The summed E-state index contributed by atoms with van der Waals surface area (Å²) in [7, 11) is -2.75. The molecule has 3 rings (SSSR count). The third kappa shape index (κ3) is 1.83. The van der Waals surface area contributed by atoms with Crippen LogP contribution in [0.5, 0.6) is 0 Å². The Labute approximate surface area is 97.5 Å². The predicted octanol–water partition coefficient (Wildman–Crippen LogP) is -1.32. The van der Waals surface area contributed by atoms with Crippen LogP contribution >= 0.6 is 0 Å². The molecule has 2 unspecified atom stereocenters. The second kappa shape index (κ2) is 3.46. The largest absolute Gasteiger partial charge is 0.413 e. The molecular weight excluding hydrogens is 250 g/mol. The van der Waals surface area contributed by atoms with Crippen LogP contribution in [-0.2, 0) is 28.3 Å². The van der Waals surface area contributed by atoms with Crippen LogP contribution in [0.25, 0.3) is 0 Å². The average molecular weight is 261 g/mol. The molecule has 10 heteroatoms. The second-order valence-electron chi connectivity index (χ2n) is 4.13. The smallest absolute Gasteiger partial charge is 0.280 e. The minimum atomic E-state index is -4.50. The van der Waals surface area contributed by atoms with Crippen molar-refractivity contribution in [2.45, 2.75) is 12.6 Å².